The van der Waals surface area contributed by atoms with E-state index in [1.54, 1.807) is 0 Å². The maximum Gasteiger partial charge on any atom is 0.222 e. The fraction of sp³-hybridized carbons (Fsp3) is 0.750. The number of rotatable bonds is 3. The van der Waals surface area contributed by atoms with Crippen LogP contribution in [0.3, 0.4) is 0 Å². The summed E-state index contributed by atoms with van der Waals surface area (Å²) in [4.78, 5) is 9.33. The predicted octanol–water partition coefficient (Wildman–Crippen LogP) is 2.84. The average molecular weight is 176 g/mol. The van der Waals surface area contributed by atoms with Crippen LogP contribution in [0.1, 0.15) is 27.7 Å². The molecule has 0 aromatic heterocycles. The lowest BCUT2D eigenvalue weighted by molar-refractivity contribution is 0.479. The minimum absolute atomic E-state index is 0.279. The summed E-state index contributed by atoms with van der Waals surface area (Å²) >= 11 is 0. The van der Waals surface area contributed by atoms with Crippen LogP contribution in [-0.4, -0.2) is 11.1 Å². The predicted molar refractivity (Wildman–Crippen MR) is 49.0 cm³/mol. The highest BCUT2D eigenvalue weighted by Gasteiger charge is 2.15. The maximum absolute atomic E-state index is 11.3. The first-order valence-corrected chi connectivity index (χ1v) is 5.72. The van der Waals surface area contributed by atoms with Gasteiger partial charge in [0.15, 0.2) is 0 Å². The smallest absolute Gasteiger partial charge is 0.222 e. The van der Waals surface area contributed by atoms with Crippen LogP contribution in [0.5, 0.6) is 0 Å². The molecular weight excluding hydrogens is 159 g/mol. The third-order valence-corrected chi connectivity index (χ3v) is 3.26. The van der Waals surface area contributed by atoms with E-state index in [9.17, 15) is 9.46 Å². The molecule has 0 fully saturated rings. The summed E-state index contributed by atoms with van der Waals surface area (Å²) in [5.41, 5.74) is 0.913. The zero-order valence-electron chi connectivity index (χ0n) is 7.66. The normalized spacial score (nSPS) is 16.2. The van der Waals surface area contributed by atoms with Gasteiger partial charge < -0.3 is 4.89 Å². The quantitative estimate of drug-likeness (QED) is 0.671. The van der Waals surface area contributed by atoms with Crippen molar-refractivity contribution in [3.8, 4) is 0 Å². The van der Waals surface area contributed by atoms with Gasteiger partial charge in [-0.25, -0.2) is 0 Å². The topological polar surface area (TPSA) is 37.3 Å². The van der Waals surface area contributed by atoms with Crippen molar-refractivity contribution in [1.29, 1.82) is 0 Å². The first-order valence-electron chi connectivity index (χ1n) is 3.81. The molecular formula is C8H17O2P. The van der Waals surface area contributed by atoms with Crippen LogP contribution in [0.15, 0.2) is 11.4 Å². The Morgan fingerprint density at radius 3 is 2.27 bits per heavy atom. The fourth-order valence-electron chi connectivity index (χ4n) is 0.979. The van der Waals surface area contributed by atoms with Crippen LogP contribution < -0.4 is 0 Å². The zero-order chi connectivity index (χ0) is 9.07. The Bertz CT molecular complexity index is 190. The maximum atomic E-state index is 11.3. The van der Waals surface area contributed by atoms with Crippen LogP contribution >= 0.6 is 7.37 Å². The molecule has 2 nitrogen and oxygen atoms in total. The standard InChI is InChI=1S/C8H17O2P/c1-7(2)5-11(9,10)6-8(3)4/h5,8H,6H2,1-4H3,(H,9,10). The van der Waals surface area contributed by atoms with E-state index in [1.165, 1.54) is 5.82 Å². The highest BCUT2D eigenvalue weighted by molar-refractivity contribution is 7.61. The monoisotopic (exact) mass is 176 g/mol. The van der Waals surface area contributed by atoms with Crippen molar-refractivity contribution in [3.63, 3.8) is 0 Å². The van der Waals surface area contributed by atoms with Crippen LogP contribution in [0.25, 0.3) is 0 Å². The SMILES string of the molecule is CC(C)=CP(=O)(O)CC(C)C. The minimum atomic E-state index is -2.97. The Morgan fingerprint density at radius 1 is 1.55 bits per heavy atom. The van der Waals surface area contributed by atoms with Gasteiger partial charge in [-0.1, -0.05) is 19.4 Å². The summed E-state index contributed by atoms with van der Waals surface area (Å²) in [6.07, 6.45) is 0.387. The third kappa shape index (κ3) is 6.33. The van der Waals surface area contributed by atoms with Gasteiger partial charge in [-0.2, -0.15) is 0 Å². The van der Waals surface area contributed by atoms with Gasteiger partial charge in [-0.3, -0.25) is 4.57 Å². The molecule has 0 rings (SSSR count). The third-order valence-electron chi connectivity index (χ3n) is 1.09. The molecule has 0 aliphatic heterocycles. The molecule has 0 spiro atoms. The summed E-state index contributed by atoms with van der Waals surface area (Å²) in [5.74, 6) is 1.76. The van der Waals surface area contributed by atoms with Crippen LogP contribution in [0, 0.1) is 5.92 Å². The highest BCUT2D eigenvalue weighted by atomic mass is 31.2. The second-order valence-corrected chi connectivity index (χ2v) is 5.67. The highest BCUT2D eigenvalue weighted by Crippen LogP contribution is 2.44. The fourth-order valence-corrected chi connectivity index (χ4v) is 2.94. The first kappa shape index (κ1) is 10.9. The average Bonchev–Trinajstić information content (AvgIpc) is 1.53. The first-order chi connectivity index (χ1) is 4.83. The molecule has 3 heteroatoms. The molecule has 1 unspecified atom stereocenters. The molecule has 0 aromatic rings. The Morgan fingerprint density at radius 2 is 2.00 bits per heavy atom. The number of hydrogen-bond acceptors (Lipinski definition) is 1. The van der Waals surface area contributed by atoms with Crippen LogP contribution in [-0.2, 0) is 4.57 Å². The molecule has 0 heterocycles. The van der Waals surface area contributed by atoms with Gasteiger partial charge in [-0.05, 0) is 25.6 Å². The van der Waals surface area contributed by atoms with Crippen molar-refractivity contribution >= 4 is 7.37 Å². The summed E-state index contributed by atoms with van der Waals surface area (Å²) in [6.45, 7) is 7.57. The molecule has 0 amide bonds. The van der Waals surface area contributed by atoms with Gasteiger partial charge in [0.05, 0.1) is 0 Å². The molecule has 0 aliphatic rings. The number of allylic oxidation sites excluding steroid dienone is 1. The molecule has 0 aromatic carbocycles. The van der Waals surface area contributed by atoms with E-state index in [0.29, 0.717) is 6.16 Å². The molecule has 66 valence electrons. The van der Waals surface area contributed by atoms with E-state index in [0.717, 1.165) is 5.57 Å². The zero-order valence-corrected chi connectivity index (χ0v) is 8.56. The summed E-state index contributed by atoms with van der Waals surface area (Å²) < 4.78 is 11.3. The Kier molecular flexibility index (Phi) is 4.05. The molecule has 11 heavy (non-hydrogen) atoms. The Hall–Kier alpha value is -0.0700. The molecule has 1 N–H and O–H groups in total. The lowest BCUT2D eigenvalue weighted by Crippen LogP contribution is -1.95. The van der Waals surface area contributed by atoms with Crippen LogP contribution in [0.2, 0.25) is 0 Å². The summed E-state index contributed by atoms with van der Waals surface area (Å²) in [6, 6.07) is 0. The van der Waals surface area contributed by atoms with Gasteiger partial charge in [0.1, 0.15) is 0 Å². The van der Waals surface area contributed by atoms with Gasteiger partial charge in [0.2, 0.25) is 7.37 Å². The van der Waals surface area contributed by atoms with Gasteiger partial charge in [0, 0.05) is 6.16 Å². The van der Waals surface area contributed by atoms with Gasteiger partial charge in [0.25, 0.3) is 0 Å². The molecule has 1 atom stereocenters. The van der Waals surface area contributed by atoms with Gasteiger partial charge >= 0.3 is 0 Å². The number of hydrogen-bond donors (Lipinski definition) is 1. The van der Waals surface area contributed by atoms with Crippen molar-refractivity contribution in [2.75, 3.05) is 6.16 Å². The minimum Gasteiger partial charge on any atom is -0.341 e. The van der Waals surface area contributed by atoms with E-state index in [2.05, 4.69) is 0 Å². The van der Waals surface area contributed by atoms with Crippen molar-refractivity contribution in [1.82, 2.24) is 0 Å². The lowest BCUT2D eigenvalue weighted by atomic mass is 10.3. The van der Waals surface area contributed by atoms with Gasteiger partial charge in [-0.15, -0.1) is 0 Å². The lowest BCUT2D eigenvalue weighted by Gasteiger charge is -2.09. The van der Waals surface area contributed by atoms with E-state index in [-0.39, 0.29) is 5.92 Å². The Balaban J connectivity index is 4.24. The van der Waals surface area contributed by atoms with E-state index in [4.69, 9.17) is 0 Å². The van der Waals surface area contributed by atoms with E-state index >= 15 is 0 Å². The van der Waals surface area contributed by atoms with Crippen LogP contribution in [0.4, 0.5) is 0 Å². The van der Waals surface area contributed by atoms with Crippen molar-refractivity contribution < 1.29 is 9.46 Å². The summed E-state index contributed by atoms with van der Waals surface area (Å²) in [5, 5.41) is 0. The van der Waals surface area contributed by atoms with Crippen molar-refractivity contribution in [3.05, 3.63) is 11.4 Å². The Labute approximate surface area is 68.8 Å². The molecule has 0 bridgehead atoms. The molecule has 0 aliphatic carbocycles. The van der Waals surface area contributed by atoms with E-state index in [1.807, 2.05) is 27.7 Å². The van der Waals surface area contributed by atoms with Crippen molar-refractivity contribution in [2.24, 2.45) is 5.92 Å². The van der Waals surface area contributed by atoms with E-state index < -0.39 is 7.37 Å². The second kappa shape index (κ2) is 4.08. The molecule has 0 radical (unpaired) electrons. The second-order valence-electron chi connectivity index (χ2n) is 3.54. The largest absolute Gasteiger partial charge is 0.341 e. The molecule has 0 saturated heterocycles. The molecule has 0 saturated carbocycles. The summed E-state index contributed by atoms with van der Waals surface area (Å²) in [7, 11) is -2.97. The van der Waals surface area contributed by atoms with Crippen molar-refractivity contribution in [2.45, 2.75) is 27.7 Å².